The maximum atomic E-state index is 13.6. The molecule has 1 aliphatic carbocycles. The minimum Gasteiger partial charge on any atom is -0.493 e. The Bertz CT molecular complexity index is 1590. The monoisotopic (exact) mass is 589 g/mol. The van der Waals surface area contributed by atoms with Crippen LogP contribution in [0.2, 0.25) is 0 Å². The summed E-state index contributed by atoms with van der Waals surface area (Å²) in [5, 5.41) is 18.1. The van der Waals surface area contributed by atoms with Gasteiger partial charge in [0.1, 0.15) is 6.04 Å². The van der Waals surface area contributed by atoms with Gasteiger partial charge in [0.25, 0.3) is 0 Å². The molecule has 11 nitrogen and oxygen atoms in total. The third-order valence-electron chi connectivity index (χ3n) is 7.35. The van der Waals surface area contributed by atoms with Crippen molar-refractivity contribution in [1.29, 1.82) is 0 Å². The molecule has 0 heterocycles. The number of ether oxygens (including phenoxy) is 3. The highest BCUT2D eigenvalue weighted by atomic mass is 16.5. The van der Waals surface area contributed by atoms with Gasteiger partial charge in [-0.1, -0.05) is 36.4 Å². The van der Waals surface area contributed by atoms with Gasteiger partial charge < -0.3 is 35.3 Å². The lowest BCUT2D eigenvalue weighted by Gasteiger charge is -2.19. The molecular formula is C32H35N3O8. The summed E-state index contributed by atoms with van der Waals surface area (Å²) in [6, 6.07) is 12.2. The van der Waals surface area contributed by atoms with E-state index in [9.17, 15) is 24.3 Å². The van der Waals surface area contributed by atoms with Crippen molar-refractivity contribution in [3.05, 3.63) is 81.5 Å². The van der Waals surface area contributed by atoms with E-state index >= 15 is 0 Å². The molecule has 3 aromatic rings. The SMILES string of the molecule is COc1cc2c(c(OC)c1OC)-c1ccc(NC(C)C(=O)NC(C(=O)O)c3ccccc3)c(=O)cc1C(NC(C)=O)CC2. The number of carboxylic acids is 1. The summed E-state index contributed by atoms with van der Waals surface area (Å²) in [5.41, 5.74) is 2.90. The Morgan fingerprint density at radius 3 is 2.26 bits per heavy atom. The van der Waals surface area contributed by atoms with Crippen LogP contribution in [0.15, 0.2) is 59.4 Å². The van der Waals surface area contributed by atoms with Crippen LogP contribution in [0, 0.1) is 0 Å². The predicted molar refractivity (Wildman–Crippen MR) is 161 cm³/mol. The van der Waals surface area contributed by atoms with Crippen LogP contribution in [0.1, 0.15) is 49.0 Å². The van der Waals surface area contributed by atoms with Crippen molar-refractivity contribution in [2.75, 3.05) is 26.6 Å². The summed E-state index contributed by atoms with van der Waals surface area (Å²) >= 11 is 0. The van der Waals surface area contributed by atoms with Gasteiger partial charge >= 0.3 is 5.97 Å². The van der Waals surface area contributed by atoms with Gasteiger partial charge in [-0.25, -0.2) is 4.79 Å². The van der Waals surface area contributed by atoms with Crippen molar-refractivity contribution in [1.82, 2.24) is 10.6 Å². The summed E-state index contributed by atoms with van der Waals surface area (Å²) in [7, 11) is 4.56. The Kier molecular flexibility index (Phi) is 9.54. The normalized spacial score (nSPS) is 15.0. The number of hydrogen-bond acceptors (Lipinski definition) is 8. The maximum Gasteiger partial charge on any atom is 0.330 e. The number of amides is 2. The van der Waals surface area contributed by atoms with Crippen LogP contribution in [0.5, 0.6) is 17.2 Å². The average molecular weight is 590 g/mol. The van der Waals surface area contributed by atoms with Crippen LogP contribution < -0.4 is 35.6 Å². The minimum atomic E-state index is -1.26. The van der Waals surface area contributed by atoms with Crippen LogP contribution in [-0.2, 0) is 20.8 Å². The van der Waals surface area contributed by atoms with Crippen LogP contribution in [0.3, 0.4) is 0 Å². The van der Waals surface area contributed by atoms with E-state index in [0.717, 1.165) is 5.56 Å². The number of carbonyl (C=O) groups is 3. The molecule has 3 atom stereocenters. The van der Waals surface area contributed by atoms with Crippen molar-refractivity contribution >= 4 is 23.5 Å². The maximum absolute atomic E-state index is 13.6. The second-order valence-electron chi connectivity index (χ2n) is 10.2. The molecule has 0 saturated heterocycles. The van der Waals surface area contributed by atoms with Crippen LogP contribution >= 0.6 is 0 Å². The van der Waals surface area contributed by atoms with Crippen LogP contribution in [0.4, 0.5) is 5.69 Å². The number of carboxylic acid groups (broad SMARTS) is 1. The number of anilines is 1. The topological polar surface area (TPSA) is 152 Å². The van der Waals surface area contributed by atoms with E-state index in [0.29, 0.717) is 52.3 Å². The molecule has 0 bridgehead atoms. The van der Waals surface area contributed by atoms with E-state index in [4.69, 9.17) is 14.2 Å². The van der Waals surface area contributed by atoms with Crippen LogP contribution in [-0.4, -0.2) is 50.3 Å². The number of benzene rings is 2. The summed E-state index contributed by atoms with van der Waals surface area (Å²) in [5.74, 6) is -0.781. The van der Waals surface area contributed by atoms with Gasteiger partial charge in [-0.3, -0.25) is 14.4 Å². The molecule has 3 aromatic carbocycles. The lowest BCUT2D eigenvalue weighted by atomic mass is 9.95. The molecule has 2 amide bonds. The molecular weight excluding hydrogens is 554 g/mol. The fourth-order valence-electron chi connectivity index (χ4n) is 5.33. The standard InChI is InChI=1S/C32H35N3O8/c1-17(31(38)35-28(32(39)40)19-9-7-6-8-10-19)33-24-14-12-21-22(16-25(24)37)23(34-18(2)36)13-11-20-15-26(41-3)29(42-4)30(43-5)27(20)21/h6-10,12,14-17,23,28H,11,13H2,1-5H3,(H,33,37)(H,34,36)(H,35,38)(H,39,40). The van der Waals surface area contributed by atoms with E-state index in [1.54, 1.807) is 42.5 Å². The molecule has 4 N–H and O–H groups in total. The van der Waals surface area contributed by atoms with Gasteiger partial charge in [-0.2, -0.15) is 0 Å². The van der Waals surface area contributed by atoms with Gasteiger partial charge in [-0.05, 0) is 60.2 Å². The minimum absolute atomic E-state index is 0.116. The second-order valence-corrected chi connectivity index (χ2v) is 10.2. The molecule has 4 rings (SSSR count). The summed E-state index contributed by atoms with van der Waals surface area (Å²) < 4.78 is 17.0. The smallest absolute Gasteiger partial charge is 0.330 e. The predicted octanol–water partition coefficient (Wildman–Crippen LogP) is 3.61. The van der Waals surface area contributed by atoms with Gasteiger partial charge in [0.05, 0.1) is 33.1 Å². The highest BCUT2D eigenvalue weighted by Gasteiger charge is 2.30. The molecule has 0 aliphatic heterocycles. The number of carbonyl (C=O) groups excluding carboxylic acids is 2. The molecule has 3 unspecified atom stereocenters. The molecule has 0 spiro atoms. The zero-order chi connectivity index (χ0) is 31.3. The Morgan fingerprint density at radius 2 is 1.65 bits per heavy atom. The highest BCUT2D eigenvalue weighted by molar-refractivity contribution is 5.89. The van der Waals surface area contributed by atoms with E-state index in [1.165, 1.54) is 41.2 Å². The second kappa shape index (κ2) is 13.3. The van der Waals surface area contributed by atoms with Crippen molar-refractivity contribution in [2.24, 2.45) is 0 Å². The molecule has 1 aliphatic rings. The number of aryl methyl sites for hydroxylation is 1. The molecule has 0 aromatic heterocycles. The van der Waals surface area contributed by atoms with E-state index < -0.39 is 35.4 Å². The summed E-state index contributed by atoms with van der Waals surface area (Å²) in [4.78, 5) is 50.7. The van der Waals surface area contributed by atoms with Gasteiger partial charge in [0.2, 0.25) is 23.0 Å². The first-order valence-electron chi connectivity index (χ1n) is 13.7. The van der Waals surface area contributed by atoms with E-state index in [2.05, 4.69) is 16.0 Å². The Labute approximate surface area is 249 Å². The molecule has 43 heavy (non-hydrogen) atoms. The summed E-state index contributed by atoms with van der Waals surface area (Å²) in [6.45, 7) is 2.95. The Balaban J connectivity index is 1.77. The third kappa shape index (κ3) is 6.56. The first kappa shape index (κ1) is 30.9. The zero-order valence-electron chi connectivity index (χ0n) is 24.6. The number of rotatable bonds is 10. The lowest BCUT2D eigenvalue weighted by molar-refractivity contribution is -0.142. The number of methoxy groups -OCH3 is 3. The zero-order valence-corrected chi connectivity index (χ0v) is 24.6. The Hall–Kier alpha value is -5.06. The van der Waals surface area contributed by atoms with Crippen molar-refractivity contribution in [3.63, 3.8) is 0 Å². The Morgan fingerprint density at radius 1 is 0.953 bits per heavy atom. The quantitative estimate of drug-likeness (QED) is 0.278. The van der Waals surface area contributed by atoms with Crippen molar-refractivity contribution < 1.29 is 33.7 Å². The van der Waals surface area contributed by atoms with Gasteiger partial charge in [-0.15, -0.1) is 0 Å². The van der Waals surface area contributed by atoms with Gasteiger partial charge in [0, 0.05) is 12.5 Å². The largest absolute Gasteiger partial charge is 0.493 e. The van der Waals surface area contributed by atoms with Crippen molar-refractivity contribution in [2.45, 2.75) is 44.8 Å². The van der Waals surface area contributed by atoms with E-state index in [1.807, 2.05) is 6.07 Å². The highest BCUT2D eigenvalue weighted by Crippen LogP contribution is 2.50. The molecule has 11 heteroatoms. The first-order chi connectivity index (χ1) is 20.6. The van der Waals surface area contributed by atoms with Crippen LogP contribution in [0.25, 0.3) is 11.1 Å². The average Bonchev–Trinajstić information content (AvgIpc) is 3.23. The number of aliphatic carboxylic acids is 1. The number of fused-ring (bicyclic) bond motifs is 3. The number of nitrogens with one attached hydrogen (secondary N) is 3. The fraction of sp³-hybridized carbons (Fsp3) is 0.312. The van der Waals surface area contributed by atoms with Crippen molar-refractivity contribution in [3.8, 4) is 28.4 Å². The summed E-state index contributed by atoms with van der Waals surface area (Å²) in [6.07, 6.45) is 1.05. The fourth-order valence-corrected chi connectivity index (χ4v) is 5.33. The molecule has 0 fully saturated rings. The molecule has 0 saturated carbocycles. The third-order valence-corrected chi connectivity index (χ3v) is 7.35. The first-order valence-corrected chi connectivity index (χ1v) is 13.7. The number of hydrogen-bond donors (Lipinski definition) is 4. The molecule has 226 valence electrons. The lowest BCUT2D eigenvalue weighted by Crippen LogP contribution is -2.42. The molecule has 0 radical (unpaired) electrons. The van der Waals surface area contributed by atoms with E-state index in [-0.39, 0.29) is 11.6 Å². The van der Waals surface area contributed by atoms with Gasteiger partial charge in [0.15, 0.2) is 17.5 Å².